The summed E-state index contributed by atoms with van der Waals surface area (Å²) in [6.07, 6.45) is 2.19. The van der Waals surface area contributed by atoms with E-state index in [0.29, 0.717) is 6.42 Å². The Hall–Kier alpha value is -2.10. The average Bonchev–Trinajstić information content (AvgIpc) is 2.46. The van der Waals surface area contributed by atoms with Crippen LogP contribution in [0.1, 0.15) is 31.7 Å². The summed E-state index contributed by atoms with van der Waals surface area (Å²) in [5, 5.41) is 2.92. The molecule has 0 spiro atoms. The van der Waals surface area contributed by atoms with Gasteiger partial charge in [-0.15, -0.1) is 0 Å². The minimum Gasteiger partial charge on any atom is -0.342 e. The number of nitrogens with zero attached hydrogens (tertiary/aromatic N) is 1. The Balaban J connectivity index is 1.92. The molecule has 2 amide bonds. The Morgan fingerprint density at radius 2 is 1.90 bits per heavy atom. The van der Waals surface area contributed by atoms with Gasteiger partial charge in [0, 0.05) is 31.3 Å². The largest absolute Gasteiger partial charge is 0.342 e. The van der Waals surface area contributed by atoms with Crippen LogP contribution in [0.15, 0.2) is 29.8 Å². The van der Waals surface area contributed by atoms with E-state index < -0.39 is 0 Å². The van der Waals surface area contributed by atoms with Gasteiger partial charge in [-0.1, -0.05) is 23.8 Å². The van der Waals surface area contributed by atoms with Crippen LogP contribution in [0.5, 0.6) is 0 Å². The second kappa shape index (κ2) is 5.12. The van der Waals surface area contributed by atoms with Crippen molar-refractivity contribution in [3.63, 3.8) is 0 Å². The molecule has 2 aliphatic rings. The molecule has 0 saturated carbocycles. The zero-order chi connectivity index (χ0) is 14.1. The first kappa shape index (κ1) is 12.9. The number of piperidine rings is 1. The van der Waals surface area contributed by atoms with Gasteiger partial charge in [0.2, 0.25) is 11.8 Å². The van der Waals surface area contributed by atoms with Gasteiger partial charge in [-0.3, -0.25) is 9.59 Å². The van der Waals surface area contributed by atoms with Crippen LogP contribution in [0.4, 0.5) is 5.69 Å². The summed E-state index contributed by atoms with van der Waals surface area (Å²) in [6, 6.07) is 7.94. The first-order valence-corrected chi connectivity index (χ1v) is 7.01. The van der Waals surface area contributed by atoms with E-state index in [1.165, 1.54) is 5.57 Å². The van der Waals surface area contributed by atoms with Crippen molar-refractivity contribution in [1.29, 1.82) is 0 Å². The summed E-state index contributed by atoms with van der Waals surface area (Å²) in [5.74, 6) is 0.191. The predicted molar refractivity (Wildman–Crippen MR) is 78.1 cm³/mol. The maximum Gasteiger partial charge on any atom is 0.228 e. The number of benzene rings is 1. The van der Waals surface area contributed by atoms with E-state index in [9.17, 15) is 9.59 Å². The number of hydrogen-bond acceptors (Lipinski definition) is 2. The normalized spacial score (nSPS) is 18.6. The number of hydrogen-bond donors (Lipinski definition) is 1. The molecule has 1 fully saturated rings. The van der Waals surface area contributed by atoms with Crippen molar-refractivity contribution in [2.24, 2.45) is 0 Å². The molecule has 20 heavy (non-hydrogen) atoms. The van der Waals surface area contributed by atoms with Crippen molar-refractivity contribution in [2.45, 2.75) is 26.2 Å². The number of amides is 2. The molecule has 0 bridgehead atoms. The minimum absolute atomic E-state index is 0.0557. The molecule has 0 unspecified atom stereocenters. The SMILES string of the molecule is CC(=O)N1CCC(=C2CC(=O)Nc3ccccc32)CC1. The lowest BCUT2D eigenvalue weighted by molar-refractivity contribution is -0.129. The smallest absolute Gasteiger partial charge is 0.228 e. The lowest BCUT2D eigenvalue weighted by atomic mass is 9.88. The minimum atomic E-state index is 0.0557. The topological polar surface area (TPSA) is 49.4 Å². The predicted octanol–water partition coefficient (Wildman–Crippen LogP) is 2.42. The third-order valence-corrected chi connectivity index (χ3v) is 4.10. The van der Waals surface area contributed by atoms with E-state index in [-0.39, 0.29) is 11.8 Å². The van der Waals surface area contributed by atoms with E-state index in [2.05, 4.69) is 11.4 Å². The van der Waals surface area contributed by atoms with Crippen molar-refractivity contribution in [1.82, 2.24) is 4.90 Å². The number of rotatable bonds is 0. The van der Waals surface area contributed by atoms with E-state index in [1.54, 1.807) is 6.92 Å². The molecule has 0 atom stereocenters. The second-order valence-corrected chi connectivity index (χ2v) is 5.36. The van der Waals surface area contributed by atoms with Crippen LogP contribution in [0.3, 0.4) is 0 Å². The average molecular weight is 270 g/mol. The highest BCUT2D eigenvalue weighted by Gasteiger charge is 2.24. The van der Waals surface area contributed by atoms with Gasteiger partial charge in [-0.05, 0) is 24.5 Å². The highest BCUT2D eigenvalue weighted by Crippen LogP contribution is 2.36. The quantitative estimate of drug-likeness (QED) is 0.787. The number of anilines is 1. The molecule has 0 radical (unpaired) electrons. The fraction of sp³-hybridized carbons (Fsp3) is 0.375. The monoisotopic (exact) mass is 270 g/mol. The van der Waals surface area contributed by atoms with E-state index in [4.69, 9.17) is 0 Å². The van der Waals surface area contributed by atoms with Crippen LogP contribution in [0, 0.1) is 0 Å². The lowest BCUT2D eigenvalue weighted by Gasteiger charge is -2.30. The number of nitrogens with one attached hydrogen (secondary N) is 1. The van der Waals surface area contributed by atoms with Crippen molar-refractivity contribution in [2.75, 3.05) is 18.4 Å². The van der Waals surface area contributed by atoms with Crippen LogP contribution < -0.4 is 5.32 Å². The highest BCUT2D eigenvalue weighted by atomic mass is 16.2. The number of fused-ring (bicyclic) bond motifs is 1. The summed E-state index contributed by atoms with van der Waals surface area (Å²) < 4.78 is 0. The van der Waals surface area contributed by atoms with Crippen LogP contribution in [0.25, 0.3) is 5.57 Å². The molecule has 104 valence electrons. The molecule has 1 aromatic rings. The molecule has 4 nitrogen and oxygen atoms in total. The first-order chi connectivity index (χ1) is 9.65. The molecule has 1 aromatic carbocycles. The Morgan fingerprint density at radius 3 is 2.60 bits per heavy atom. The molecular weight excluding hydrogens is 252 g/mol. The number of likely N-dealkylation sites (tertiary alicyclic amines) is 1. The Bertz CT molecular complexity index is 594. The third kappa shape index (κ3) is 2.33. The van der Waals surface area contributed by atoms with E-state index >= 15 is 0 Å². The van der Waals surface area contributed by atoms with Crippen molar-refractivity contribution >= 4 is 23.1 Å². The zero-order valence-corrected chi connectivity index (χ0v) is 11.6. The molecule has 1 saturated heterocycles. The van der Waals surface area contributed by atoms with Gasteiger partial charge < -0.3 is 10.2 Å². The maximum atomic E-state index is 11.8. The molecule has 0 aliphatic carbocycles. The van der Waals surface area contributed by atoms with Crippen LogP contribution in [-0.2, 0) is 9.59 Å². The van der Waals surface area contributed by atoms with Crippen LogP contribution >= 0.6 is 0 Å². The molecule has 2 aliphatic heterocycles. The van der Waals surface area contributed by atoms with Crippen molar-refractivity contribution in [3.05, 3.63) is 35.4 Å². The van der Waals surface area contributed by atoms with Crippen LogP contribution in [0.2, 0.25) is 0 Å². The molecule has 0 aromatic heterocycles. The van der Waals surface area contributed by atoms with Crippen molar-refractivity contribution < 1.29 is 9.59 Å². The van der Waals surface area contributed by atoms with Gasteiger partial charge >= 0.3 is 0 Å². The molecular formula is C16H18N2O2. The molecule has 4 heteroatoms. The van der Waals surface area contributed by atoms with Gasteiger partial charge in [0.05, 0.1) is 6.42 Å². The number of carbonyl (C=O) groups excluding carboxylic acids is 2. The Kier molecular flexibility index (Phi) is 3.30. The molecule has 1 N–H and O–H groups in total. The van der Waals surface area contributed by atoms with Gasteiger partial charge in [-0.2, -0.15) is 0 Å². The summed E-state index contributed by atoms with van der Waals surface area (Å²) >= 11 is 0. The fourth-order valence-corrected chi connectivity index (χ4v) is 3.01. The highest BCUT2D eigenvalue weighted by molar-refractivity contribution is 6.05. The zero-order valence-electron chi connectivity index (χ0n) is 11.6. The first-order valence-electron chi connectivity index (χ1n) is 7.01. The lowest BCUT2D eigenvalue weighted by Crippen LogP contribution is -2.35. The summed E-state index contributed by atoms with van der Waals surface area (Å²) in [6.45, 7) is 3.14. The van der Waals surface area contributed by atoms with Crippen molar-refractivity contribution in [3.8, 4) is 0 Å². The maximum absolute atomic E-state index is 11.8. The third-order valence-electron chi connectivity index (χ3n) is 4.10. The van der Waals surface area contributed by atoms with Gasteiger partial charge in [0.1, 0.15) is 0 Å². The number of para-hydroxylation sites is 1. The van der Waals surface area contributed by atoms with Gasteiger partial charge in [-0.25, -0.2) is 0 Å². The van der Waals surface area contributed by atoms with E-state index in [0.717, 1.165) is 42.8 Å². The standard InChI is InChI=1S/C16H18N2O2/c1-11(19)18-8-6-12(7-9-18)14-10-16(20)17-15-5-3-2-4-13(14)15/h2-5H,6-10H2,1H3,(H,17,20). The van der Waals surface area contributed by atoms with E-state index in [1.807, 2.05) is 23.1 Å². The van der Waals surface area contributed by atoms with Gasteiger partial charge in [0.25, 0.3) is 0 Å². The van der Waals surface area contributed by atoms with Gasteiger partial charge in [0.15, 0.2) is 0 Å². The number of carbonyl (C=O) groups is 2. The second-order valence-electron chi connectivity index (χ2n) is 5.36. The Labute approximate surface area is 118 Å². The fourth-order valence-electron chi connectivity index (χ4n) is 3.01. The Morgan fingerprint density at radius 1 is 1.20 bits per heavy atom. The summed E-state index contributed by atoms with van der Waals surface area (Å²) in [4.78, 5) is 25.1. The molecule has 2 heterocycles. The molecule has 3 rings (SSSR count). The summed E-state index contributed by atoms with van der Waals surface area (Å²) in [5.41, 5.74) is 4.52. The van der Waals surface area contributed by atoms with Crippen LogP contribution in [-0.4, -0.2) is 29.8 Å². The summed E-state index contributed by atoms with van der Waals surface area (Å²) in [7, 11) is 0.